The molecule has 1 saturated heterocycles. The van der Waals surface area contributed by atoms with Crippen molar-refractivity contribution in [2.45, 2.75) is 32.0 Å². The number of fused-ring (bicyclic) bond motifs is 3. The number of benzene rings is 1. The molecule has 0 N–H and O–H groups in total. The van der Waals surface area contributed by atoms with Crippen molar-refractivity contribution in [2.75, 3.05) is 31.1 Å². The van der Waals surface area contributed by atoms with E-state index in [2.05, 4.69) is 14.6 Å². The molecule has 1 aromatic carbocycles. The minimum Gasteiger partial charge on any atom is -0.406 e. The largest absolute Gasteiger partial charge is 0.573 e. The first kappa shape index (κ1) is 20.6. The summed E-state index contributed by atoms with van der Waals surface area (Å²) in [6.07, 6.45) is 3.07. The van der Waals surface area contributed by atoms with E-state index in [4.69, 9.17) is 5.10 Å². The summed E-state index contributed by atoms with van der Waals surface area (Å²) in [7, 11) is 0. The minimum absolute atomic E-state index is 0.172. The van der Waals surface area contributed by atoms with Crippen molar-refractivity contribution < 1.29 is 22.7 Å². The zero-order chi connectivity index (χ0) is 22.3. The molecular weight excluding hydrogens is 423 g/mol. The van der Waals surface area contributed by atoms with E-state index >= 15 is 0 Å². The van der Waals surface area contributed by atoms with Crippen molar-refractivity contribution in [2.24, 2.45) is 0 Å². The van der Waals surface area contributed by atoms with Gasteiger partial charge in [0.25, 0.3) is 5.91 Å². The average Bonchev–Trinajstić information content (AvgIpc) is 3.17. The summed E-state index contributed by atoms with van der Waals surface area (Å²) in [5.74, 6) is 0.157. The maximum atomic E-state index is 12.9. The molecule has 2 aliphatic rings. The van der Waals surface area contributed by atoms with Gasteiger partial charge in [-0.3, -0.25) is 4.79 Å². The van der Waals surface area contributed by atoms with Crippen LogP contribution in [0, 0.1) is 0 Å². The van der Waals surface area contributed by atoms with Gasteiger partial charge in [-0.25, -0.2) is 9.50 Å². The third-order valence-electron chi connectivity index (χ3n) is 5.98. The lowest BCUT2D eigenvalue weighted by atomic mass is 9.97. The highest BCUT2D eigenvalue weighted by atomic mass is 19.4. The summed E-state index contributed by atoms with van der Waals surface area (Å²) in [6.45, 7) is 2.05. The van der Waals surface area contributed by atoms with E-state index in [1.54, 1.807) is 11.1 Å². The topological polar surface area (TPSA) is 63.0 Å². The molecule has 168 valence electrons. The molecule has 0 bridgehead atoms. The van der Waals surface area contributed by atoms with Crippen molar-refractivity contribution in [1.82, 2.24) is 19.5 Å². The Morgan fingerprint density at radius 2 is 1.84 bits per heavy atom. The average molecular weight is 445 g/mol. The van der Waals surface area contributed by atoms with Crippen LogP contribution in [0.3, 0.4) is 0 Å². The number of piperazine rings is 1. The summed E-state index contributed by atoms with van der Waals surface area (Å²) < 4.78 is 43.3. The second-order valence-corrected chi connectivity index (χ2v) is 8.03. The molecule has 5 rings (SSSR count). The Balaban J connectivity index is 1.31. The van der Waals surface area contributed by atoms with Crippen LogP contribution in [0.1, 0.15) is 34.5 Å². The monoisotopic (exact) mass is 445 g/mol. The van der Waals surface area contributed by atoms with E-state index in [-0.39, 0.29) is 11.5 Å². The van der Waals surface area contributed by atoms with Gasteiger partial charge in [0.1, 0.15) is 11.3 Å². The first-order valence-electron chi connectivity index (χ1n) is 10.6. The smallest absolute Gasteiger partial charge is 0.406 e. The summed E-state index contributed by atoms with van der Waals surface area (Å²) in [6, 6.07) is 5.20. The Morgan fingerprint density at radius 3 is 2.62 bits per heavy atom. The number of hydrogen-bond acceptors (Lipinski definition) is 5. The minimum atomic E-state index is -4.80. The fraction of sp³-hybridized carbons (Fsp3) is 0.409. The zero-order valence-corrected chi connectivity index (χ0v) is 17.3. The van der Waals surface area contributed by atoms with E-state index < -0.39 is 12.1 Å². The molecule has 3 heterocycles. The predicted molar refractivity (Wildman–Crippen MR) is 111 cm³/mol. The van der Waals surface area contributed by atoms with Crippen molar-refractivity contribution in [3.63, 3.8) is 0 Å². The van der Waals surface area contributed by atoms with E-state index in [0.29, 0.717) is 26.2 Å². The molecule has 0 spiro atoms. The second kappa shape index (κ2) is 7.99. The molecule has 3 aromatic rings. The highest BCUT2D eigenvalue weighted by Crippen LogP contribution is 2.31. The van der Waals surface area contributed by atoms with Gasteiger partial charge in [0.2, 0.25) is 0 Å². The highest BCUT2D eigenvalue weighted by Gasteiger charge is 2.32. The molecule has 1 aliphatic carbocycles. The van der Waals surface area contributed by atoms with Gasteiger partial charge < -0.3 is 14.5 Å². The second-order valence-electron chi connectivity index (χ2n) is 8.03. The number of nitrogens with zero attached hydrogens (tertiary/aromatic N) is 5. The fourth-order valence-corrected chi connectivity index (χ4v) is 4.51. The molecule has 0 saturated carbocycles. The number of aromatic nitrogens is 3. The number of amides is 1. The Labute approximate surface area is 182 Å². The standard InChI is InChI=1S/C22H22F3N5O2/c23-22(24,25)32-16-5-3-4-15(14-16)21(31)29-12-10-28(11-13-29)20-19-17-6-1-2-7-18(17)27-30(19)9-8-26-20/h3-5,8-9,14H,1-2,6-7,10-13H2. The number of halogens is 3. The molecule has 0 unspecified atom stereocenters. The van der Waals surface area contributed by atoms with Crippen molar-refractivity contribution in [3.8, 4) is 5.75 Å². The van der Waals surface area contributed by atoms with Gasteiger partial charge in [-0.05, 0) is 43.9 Å². The molecule has 7 nitrogen and oxygen atoms in total. The van der Waals surface area contributed by atoms with Crippen LogP contribution in [0.15, 0.2) is 36.7 Å². The van der Waals surface area contributed by atoms with Crippen LogP contribution >= 0.6 is 0 Å². The highest BCUT2D eigenvalue weighted by molar-refractivity contribution is 5.94. The van der Waals surface area contributed by atoms with Gasteiger partial charge >= 0.3 is 6.36 Å². The van der Waals surface area contributed by atoms with Crippen molar-refractivity contribution >= 4 is 17.2 Å². The Morgan fingerprint density at radius 1 is 1.06 bits per heavy atom. The van der Waals surface area contributed by atoms with Crippen LogP contribution in [0.25, 0.3) is 5.52 Å². The van der Waals surface area contributed by atoms with E-state index in [1.165, 1.54) is 23.8 Å². The number of carbonyl (C=O) groups is 1. The van der Waals surface area contributed by atoms with Gasteiger partial charge in [0.15, 0.2) is 5.82 Å². The molecular formula is C22H22F3N5O2. The summed E-state index contributed by atoms with van der Waals surface area (Å²) >= 11 is 0. The molecule has 1 aliphatic heterocycles. The van der Waals surface area contributed by atoms with Gasteiger partial charge in [0, 0.05) is 49.7 Å². The number of ether oxygens (including phenoxy) is 1. The molecule has 1 amide bonds. The number of alkyl halides is 3. The van der Waals surface area contributed by atoms with Crippen molar-refractivity contribution in [3.05, 3.63) is 53.5 Å². The molecule has 32 heavy (non-hydrogen) atoms. The number of aryl methyl sites for hydroxylation is 2. The molecule has 0 radical (unpaired) electrons. The van der Waals surface area contributed by atoms with Gasteiger partial charge in [-0.2, -0.15) is 5.10 Å². The van der Waals surface area contributed by atoms with Crippen LogP contribution in [0.4, 0.5) is 19.0 Å². The molecule has 10 heteroatoms. The SMILES string of the molecule is O=C(c1cccc(OC(F)(F)F)c1)N1CCN(c2nccn3nc4c(c23)CCCC4)CC1. The Bertz CT molecular complexity index is 1150. The number of carbonyl (C=O) groups excluding carboxylic acids is 1. The lowest BCUT2D eigenvalue weighted by Gasteiger charge is -2.35. The first-order valence-corrected chi connectivity index (χ1v) is 10.6. The lowest BCUT2D eigenvalue weighted by molar-refractivity contribution is -0.274. The summed E-state index contributed by atoms with van der Waals surface area (Å²) in [5, 5.41) is 4.72. The molecule has 0 atom stereocenters. The van der Waals surface area contributed by atoms with Crippen LogP contribution in [0.2, 0.25) is 0 Å². The summed E-state index contributed by atoms with van der Waals surface area (Å²) in [5.41, 5.74) is 3.61. The normalized spacial score (nSPS) is 16.8. The number of hydrogen-bond donors (Lipinski definition) is 0. The van der Waals surface area contributed by atoms with Crippen molar-refractivity contribution in [1.29, 1.82) is 0 Å². The fourth-order valence-electron chi connectivity index (χ4n) is 4.51. The van der Waals surface area contributed by atoms with Gasteiger partial charge in [-0.15, -0.1) is 13.2 Å². The van der Waals surface area contributed by atoms with E-state index in [9.17, 15) is 18.0 Å². The van der Waals surface area contributed by atoms with Gasteiger partial charge in [0.05, 0.1) is 5.69 Å². The lowest BCUT2D eigenvalue weighted by Crippen LogP contribution is -2.49. The molecule has 2 aromatic heterocycles. The van der Waals surface area contributed by atoms with E-state index in [1.807, 2.05) is 10.7 Å². The maximum absolute atomic E-state index is 12.9. The van der Waals surface area contributed by atoms with Gasteiger partial charge in [-0.1, -0.05) is 6.07 Å². The quantitative estimate of drug-likeness (QED) is 0.618. The van der Waals surface area contributed by atoms with Crippen LogP contribution in [-0.4, -0.2) is 57.9 Å². The van der Waals surface area contributed by atoms with Crippen LogP contribution in [-0.2, 0) is 12.8 Å². The predicted octanol–water partition coefficient (Wildman–Crippen LogP) is 3.47. The maximum Gasteiger partial charge on any atom is 0.573 e. The van der Waals surface area contributed by atoms with Crippen LogP contribution in [0.5, 0.6) is 5.75 Å². The Kier molecular flexibility index (Phi) is 5.15. The number of anilines is 1. The first-order chi connectivity index (χ1) is 15.4. The molecule has 1 fully saturated rings. The summed E-state index contributed by atoms with van der Waals surface area (Å²) in [4.78, 5) is 21.3. The third kappa shape index (κ3) is 3.96. The zero-order valence-electron chi connectivity index (χ0n) is 17.3. The number of rotatable bonds is 3. The van der Waals surface area contributed by atoms with Crippen LogP contribution < -0.4 is 9.64 Å². The Hall–Kier alpha value is -3.30. The third-order valence-corrected chi connectivity index (χ3v) is 5.98. The van der Waals surface area contributed by atoms with E-state index in [0.717, 1.165) is 48.8 Å².